The third-order valence-electron chi connectivity index (χ3n) is 4.09. The van der Waals surface area contributed by atoms with Gasteiger partial charge in [0.25, 0.3) is 0 Å². The first kappa shape index (κ1) is 13.4. The first-order valence-electron chi connectivity index (χ1n) is 7.03. The molecule has 1 aromatic heterocycles. The normalized spacial score (nSPS) is 16.6. The summed E-state index contributed by atoms with van der Waals surface area (Å²) < 4.78 is 6.25. The maximum Gasteiger partial charge on any atom is 0.211 e. The molecule has 3 nitrogen and oxygen atoms in total. The summed E-state index contributed by atoms with van der Waals surface area (Å²) in [5.41, 5.74) is 0.981. The van der Waals surface area contributed by atoms with E-state index in [0.717, 1.165) is 40.5 Å². The smallest absolute Gasteiger partial charge is 0.211 e. The van der Waals surface area contributed by atoms with Gasteiger partial charge in [0.05, 0.1) is 12.8 Å². The molecule has 3 rings (SSSR count). The van der Waals surface area contributed by atoms with E-state index in [9.17, 15) is 4.79 Å². The van der Waals surface area contributed by atoms with Crippen molar-refractivity contribution in [1.29, 1.82) is 0 Å². The number of fused-ring (bicyclic) bond motifs is 1. The highest BCUT2D eigenvalue weighted by atomic mass is 32.1. The molecule has 0 N–H and O–H groups in total. The van der Waals surface area contributed by atoms with Gasteiger partial charge in [0.1, 0.15) is 5.75 Å². The van der Waals surface area contributed by atoms with E-state index >= 15 is 0 Å². The van der Waals surface area contributed by atoms with Crippen LogP contribution in [-0.4, -0.2) is 20.2 Å². The van der Waals surface area contributed by atoms with E-state index in [0.29, 0.717) is 0 Å². The molecule has 0 unspecified atom stereocenters. The van der Waals surface area contributed by atoms with E-state index in [1.165, 1.54) is 12.8 Å². The lowest BCUT2D eigenvalue weighted by Gasteiger charge is -2.31. The van der Waals surface area contributed by atoms with Crippen molar-refractivity contribution in [1.82, 2.24) is 0 Å². The predicted molar refractivity (Wildman–Crippen MR) is 85.3 cm³/mol. The summed E-state index contributed by atoms with van der Waals surface area (Å²) in [5, 5.41) is 2.78. The molecule has 4 heteroatoms. The van der Waals surface area contributed by atoms with Crippen molar-refractivity contribution in [2.45, 2.75) is 19.8 Å². The summed E-state index contributed by atoms with van der Waals surface area (Å²) in [5.74, 6) is 1.51. The molecule has 2 aromatic rings. The van der Waals surface area contributed by atoms with Gasteiger partial charge < -0.3 is 9.64 Å². The van der Waals surface area contributed by atoms with E-state index in [2.05, 4.69) is 11.8 Å². The lowest BCUT2D eigenvalue weighted by Crippen LogP contribution is -2.35. The second-order valence-electron chi connectivity index (χ2n) is 5.48. The van der Waals surface area contributed by atoms with Crippen molar-refractivity contribution in [3.63, 3.8) is 0 Å². The number of anilines is 1. The minimum Gasteiger partial charge on any atom is -0.497 e. The van der Waals surface area contributed by atoms with Crippen LogP contribution in [0.1, 0.15) is 19.8 Å². The highest BCUT2D eigenvalue weighted by Gasteiger charge is 2.19. The zero-order chi connectivity index (χ0) is 14.1. The van der Waals surface area contributed by atoms with Crippen molar-refractivity contribution in [3.8, 4) is 5.75 Å². The fourth-order valence-corrected chi connectivity index (χ4v) is 3.61. The zero-order valence-corrected chi connectivity index (χ0v) is 12.7. The molecule has 0 saturated carbocycles. The lowest BCUT2D eigenvalue weighted by molar-refractivity contribution is 0.415. The first-order chi connectivity index (χ1) is 9.69. The van der Waals surface area contributed by atoms with Crippen LogP contribution in [0.5, 0.6) is 5.75 Å². The standard InChI is InChI=1S/C16H19NO2S/c1-11-5-7-17(8-6-11)14-10-20-15-4-3-12(19-2)9-13(15)16(14)18/h3-4,9-11H,5-8H2,1-2H3. The van der Waals surface area contributed by atoms with Crippen molar-refractivity contribution in [2.75, 3.05) is 25.1 Å². The van der Waals surface area contributed by atoms with Gasteiger partial charge in [-0.2, -0.15) is 0 Å². The molecule has 0 amide bonds. The largest absolute Gasteiger partial charge is 0.497 e. The molecule has 0 atom stereocenters. The van der Waals surface area contributed by atoms with Gasteiger partial charge in [-0.3, -0.25) is 4.79 Å². The summed E-state index contributed by atoms with van der Waals surface area (Å²) in [7, 11) is 1.63. The van der Waals surface area contributed by atoms with Crippen LogP contribution in [0.2, 0.25) is 0 Å². The Labute approximate surface area is 122 Å². The fraction of sp³-hybridized carbons (Fsp3) is 0.438. The lowest BCUT2D eigenvalue weighted by atomic mass is 9.99. The molecule has 106 valence electrons. The predicted octanol–water partition coefficient (Wildman–Crippen LogP) is 3.51. The first-order valence-corrected chi connectivity index (χ1v) is 7.91. The minimum atomic E-state index is 0.132. The molecular weight excluding hydrogens is 270 g/mol. The Balaban J connectivity index is 2.04. The molecule has 20 heavy (non-hydrogen) atoms. The molecule has 0 radical (unpaired) electrons. The van der Waals surface area contributed by atoms with Crippen LogP contribution in [-0.2, 0) is 0 Å². The van der Waals surface area contributed by atoms with Crippen molar-refractivity contribution >= 4 is 27.1 Å². The van der Waals surface area contributed by atoms with Gasteiger partial charge in [-0.05, 0) is 37.0 Å². The molecule has 1 aromatic carbocycles. The van der Waals surface area contributed by atoms with Crippen LogP contribution in [0.25, 0.3) is 10.1 Å². The highest BCUT2D eigenvalue weighted by Crippen LogP contribution is 2.27. The van der Waals surface area contributed by atoms with Crippen LogP contribution < -0.4 is 15.1 Å². The minimum absolute atomic E-state index is 0.132. The van der Waals surface area contributed by atoms with Gasteiger partial charge in [-0.25, -0.2) is 0 Å². The molecule has 1 fully saturated rings. The van der Waals surface area contributed by atoms with Crippen LogP contribution in [0, 0.1) is 5.92 Å². The van der Waals surface area contributed by atoms with Crippen LogP contribution in [0.3, 0.4) is 0 Å². The Hall–Kier alpha value is -1.55. The van der Waals surface area contributed by atoms with Crippen molar-refractivity contribution in [3.05, 3.63) is 33.8 Å². The maximum atomic E-state index is 12.7. The number of benzene rings is 1. The van der Waals surface area contributed by atoms with Gasteiger partial charge in [-0.15, -0.1) is 11.3 Å². The molecule has 0 aliphatic carbocycles. The Kier molecular flexibility index (Phi) is 3.66. The number of rotatable bonds is 2. The van der Waals surface area contributed by atoms with Gasteiger partial charge in [-0.1, -0.05) is 6.92 Å². The topological polar surface area (TPSA) is 29.5 Å². The fourth-order valence-electron chi connectivity index (χ4n) is 2.69. The molecular formula is C16H19NO2S. The van der Waals surface area contributed by atoms with E-state index in [1.54, 1.807) is 18.4 Å². The summed E-state index contributed by atoms with van der Waals surface area (Å²) >= 11 is 1.63. The SMILES string of the molecule is COc1ccc2scc(N3CCC(C)CC3)c(=O)c2c1. The number of ether oxygens (including phenoxy) is 1. The van der Waals surface area contributed by atoms with Gasteiger partial charge in [0.15, 0.2) is 0 Å². The molecule has 0 spiro atoms. The molecule has 0 bridgehead atoms. The number of hydrogen-bond acceptors (Lipinski definition) is 4. The molecule has 1 saturated heterocycles. The molecule has 1 aliphatic rings. The van der Waals surface area contributed by atoms with Crippen LogP contribution in [0.15, 0.2) is 28.4 Å². The van der Waals surface area contributed by atoms with E-state index in [1.807, 2.05) is 23.6 Å². The zero-order valence-electron chi connectivity index (χ0n) is 11.9. The summed E-state index contributed by atoms with van der Waals surface area (Å²) in [6, 6.07) is 5.72. The Morgan fingerprint density at radius 1 is 1.30 bits per heavy atom. The van der Waals surface area contributed by atoms with Crippen molar-refractivity contribution in [2.24, 2.45) is 5.92 Å². The van der Waals surface area contributed by atoms with Gasteiger partial charge in [0.2, 0.25) is 5.43 Å². The quantitative estimate of drug-likeness (QED) is 0.847. The van der Waals surface area contributed by atoms with E-state index in [-0.39, 0.29) is 5.43 Å². The molecule has 2 heterocycles. The number of nitrogens with zero attached hydrogens (tertiary/aromatic N) is 1. The average molecular weight is 289 g/mol. The summed E-state index contributed by atoms with van der Waals surface area (Å²) in [4.78, 5) is 14.9. The van der Waals surface area contributed by atoms with Crippen molar-refractivity contribution < 1.29 is 4.74 Å². The van der Waals surface area contributed by atoms with Crippen LogP contribution >= 0.6 is 11.3 Å². The van der Waals surface area contributed by atoms with Crippen LogP contribution in [0.4, 0.5) is 5.69 Å². The third-order valence-corrected chi connectivity index (χ3v) is 5.04. The number of piperidine rings is 1. The number of methoxy groups -OCH3 is 1. The second-order valence-corrected chi connectivity index (χ2v) is 6.39. The molecule has 1 aliphatic heterocycles. The monoisotopic (exact) mass is 289 g/mol. The van der Waals surface area contributed by atoms with Gasteiger partial charge in [0, 0.05) is 28.6 Å². The van der Waals surface area contributed by atoms with Gasteiger partial charge >= 0.3 is 0 Å². The second kappa shape index (κ2) is 5.44. The summed E-state index contributed by atoms with van der Waals surface area (Å²) in [6.07, 6.45) is 2.33. The summed E-state index contributed by atoms with van der Waals surface area (Å²) in [6.45, 7) is 4.25. The van der Waals surface area contributed by atoms with E-state index in [4.69, 9.17) is 4.74 Å². The Morgan fingerprint density at radius 3 is 2.75 bits per heavy atom. The average Bonchev–Trinajstić information content (AvgIpc) is 2.49. The number of hydrogen-bond donors (Lipinski definition) is 0. The Bertz CT molecular complexity index is 672. The van der Waals surface area contributed by atoms with E-state index < -0.39 is 0 Å². The highest BCUT2D eigenvalue weighted by molar-refractivity contribution is 7.16. The Morgan fingerprint density at radius 2 is 2.05 bits per heavy atom. The maximum absolute atomic E-state index is 12.7. The third kappa shape index (κ3) is 2.40.